The molecule has 1 atom stereocenters. The highest BCUT2D eigenvalue weighted by atomic mass is 35.5. The number of nitrogens with zero attached hydrogens (tertiary/aromatic N) is 2. The van der Waals surface area contributed by atoms with E-state index in [1.54, 1.807) is 12.1 Å². The maximum atomic E-state index is 5.82. The molecule has 0 amide bonds. The van der Waals surface area contributed by atoms with E-state index in [2.05, 4.69) is 10.1 Å². The summed E-state index contributed by atoms with van der Waals surface area (Å²) in [6, 6.07) is 7.33. The number of benzene rings is 1. The molecule has 2 N–H and O–H groups in total. The van der Waals surface area contributed by atoms with Gasteiger partial charge in [-0.3, -0.25) is 0 Å². The Morgan fingerprint density at radius 2 is 2.06 bits per heavy atom. The Morgan fingerprint density at radius 3 is 2.71 bits per heavy atom. The van der Waals surface area contributed by atoms with Crippen molar-refractivity contribution in [2.24, 2.45) is 5.73 Å². The molecule has 1 aromatic carbocycles. The lowest BCUT2D eigenvalue weighted by molar-refractivity contribution is 0.355. The monoisotopic (exact) mass is 251 g/mol. The third-order valence-corrected chi connectivity index (χ3v) is 2.82. The van der Waals surface area contributed by atoms with Crippen LogP contribution in [0.3, 0.4) is 0 Å². The van der Waals surface area contributed by atoms with Crippen molar-refractivity contribution >= 4 is 11.6 Å². The van der Waals surface area contributed by atoms with Gasteiger partial charge in [-0.15, -0.1) is 0 Å². The summed E-state index contributed by atoms with van der Waals surface area (Å²) in [7, 11) is 0. The number of hydrogen-bond acceptors (Lipinski definition) is 4. The molecule has 0 aliphatic carbocycles. The Bertz CT molecular complexity index is 481. The summed E-state index contributed by atoms with van der Waals surface area (Å²) in [5, 5.41) is 4.64. The van der Waals surface area contributed by atoms with E-state index in [9.17, 15) is 0 Å². The van der Waals surface area contributed by atoms with Crippen LogP contribution in [0.5, 0.6) is 0 Å². The fourth-order valence-corrected chi connectivity index (χ4v) is 1.65. The van der Waals surface area contributed by atoms with Gasteiger partial charge < -0.3 is 10.3 Å². The van der Waals surface area contributed by atoms with Crippen LogP contribution in [0.1, 0.15) is 25.2 Å². The van der Waals surface area contributed by atoms with Crippen molar-refractivity contribution in [1.82, 2.24) is 10.1 Å². The van der Waals surface area contributed by atoms with Gasteiger partial charge in [-0.25, -0.2) is 0 Å². The van der Waals surface area contributed by atoms with Crippen LogP contribution in [0.2, 0.25) is 5.02 Å². The molecular weight excluding hydrogens is 238 g/mol. The maximum Gasteiger partial charge on any atom is 0.229 e. The summed E-state index contributed by atoms with van der Waals surface area (Å²) < 4.78 is 5.21. The average molecular weight is 252 g/mol. The summed E-state index contributed by atoms with van der Waals surface area (Å²) in [6.45, 7) is 2.63. The molecule has 1 aromatic heterocycles. The van der Waals surface area contributed by atoms with Crippen LogP contribution < -0.4 is 5.73 Å². The van der Waals surface area contributed by atoms with Crippen molar-refractivity contribution in [2.75, 3.05) is 6.54 Å². The van der Waals surface area contributed by atoms with Crippen molar-refractivity contribution in [3.63, 3.8) is 0 Å². The van der Waals surface area contributed by atoms with Gasteiger partial charge in [0, 0.05) is 16.5 Å². The van der Waals surface area contributed by atoms with E-state index in [1.165, 1.54) is 0 Å². The number of halogens is 1. The van der Waals surface area contributed by atoms with E-state index >= 15 is 0 Å². The zero-order valence-electron chi connectivity index (χ0n) is 9.56. The fourth-order valence-electron chi connectivity index (χ4n) is 1.53. The zero-order chi connectivity index (χ0) is 12.3. The minimum Gasteiger partial charge on any atom is -0.339 e. The second-order valence-corrected chi connectivity index (χ2v) is 4.38. The Morgan fingerprint density at radius 1 is 1.35 bits per heavy atom. The lowest BCUT2D eigenvalue weighted by atomic mass is 10.1. The largest absolute Gasteiger partial charge is 0.339 e. The van der Waals surface area contributed by atoms with Crippen molar-refractivity contribution < 1.29 is 4.52 Å². The molecule has 2 rings (SSSR count). The van der Waals surface area contributed by atoms with E-state index in [4.69, 9.17) is 21.9 Å². The van der Waals surface area contributed by atoms with Crippen LogP contribution in [-0.2, 0) is 0 Å². The van der Waals surface area contributed by atoms with Crippen LogP contribution in [0.4, 0.5) is 0 Å². The van der Waals surface area contributed by atoms with Gasteiger partial charge in [-0.05, 0) is 37.2 Å². The summed E-state index contributed by atoms with van der Waals surface area (Å²) in [4.78, 5) is 4.35. The molecular formula is C12H14ClN3O. The second-order valence-electron chi connectivity index (χ2n) is 3.94. The molecule has 0 saturated heterocycles. The SMILES string of the molecule is CC(CCN)c1nc(-c2ccc(Cl)cc2)no1. The van der Waals surface area contributed by atoms with E-state index in [-0.39, 0.29) is 5.92 Å². The van der Waals surface area contributed by atoms with E-state index in [1.807, 2.05) is 19.1 Å². The maximum absolute atomic E-state index is 5.82. The molecule has 0 saturated carbocycles. The highest BCUT2D eigenvalue weighted by molar-refractivity contribution is 6.30. The predicted octanol–water partition coefficient (Wildman–Crippen LogP) is 2.84. The Kier molecular flexibility index (Phi) is 3.76. The van der Waals surface area contributed by atoms with Gasteiger partial charge in [0.15, 0.2) is 0 Å². The number of hydrogen-bond donors (Lipinski definition) is 1. The number of aromatic nitrogens is 2. The molecule has 0 bridgehead atoms. The molecule has 17 heavy (non-hydrogen) atoms. The summed E-state index contributed by atoms with van der Waals surface area (Å²) in [5.74, 6) is 1.40. The normalized spacial score (nSPS) is 12.6. The Hall–Kier alpha value is -1.39. The Labute approximate surface area is 105 Å². The van der Waals surface area contributed by atoms with Crippen LogP contribution >= 0.6 is 11.6 Å². The molecule has 0 spiro atoms. The van der Waals surface area contributed by atoms with Crippen LogP contribution in [0.15, 0.2) is 28.8 Å². The van der Waals surface area contributed by atoms with Crippen LogP contribution in [0.25, 0.3) is 11.4 Å². The predicted molar refractivity (Wildman–Crippen MR) is 66.8 cm³/mol. The number of nitrogens with two attached hydrogens (primary N) is 1. The molecule has 1 unspecified atom stereocenters. The molecule has 1 heterocycles. The van der Waals surface area contributed by atoms with Gasteiger partial charge in [0.05, 0.1) is 0 Å². The molecule has 90 valence electrons. The minimum atomic E-state index is 0.188. The van der Waals surface area contributed by atoms with Gasteiger partial charge >= 0.3 is 0 Å². The lowest BCUT2D eigenvalue weighted by Gasteiger charge is -2.01. The standard InChI is InChI=1S/C12H14ClN3O/c1-8(6-7-14)12-15-11(16-17-12)9-2-4-10(13)5-3-9/h2-5,8H,6-7,14H2,1H3. The first-order chi connectivity index (χ1) is 8.20. The van der Waals surface area contributed by atoms with E-state index in [0.29, 0.717) is 23.3 Å². The summed E-state index contributed by atoms with van der Waals surface area (Å²) >= 11 is 5.82. The third-order valence-electron chi connectivity index (χ3n) is 2.57. The van der Waals surface area contributed by atoms with E-state index < -0.39 is 0 Å². The van der Waals surface area contributed by atoms with Crippen molar-refractivity contribution in [1.29, 1.82) is 0 Å². The van der Waals surface area contributed by atoms with Crippen molar-refractivity contribution in [2.45, 2.75) is 19.3 Å². The fraction of sp³-hybridized carbons (Fsp3) is 0.333. The smallest absolute Gasteiger partial charge is 0.229 e. The van der Waals surface area contributed by atoms with Gasteiger partial charge in [-0.2, -0.15) is 4.98 Å². The van der Waals surface area contributed by atoms with Gasteiger partial charge in [0.1, 0.15) is 0 Å². The van der Waals surface area contributed by atoms with E-state index in [0.717, 1.165) is 12.0 Å². The highest BCUT2D eigenvalue weighted by Crippen LogP contribution is 2.22. The van der Waals surface area contributed by atoms with Crippen LogP contribution in [-0.4, -0.2) is 16.7 Å². The molecule has 0 fully saturated rings. The minimum absolute atomic E-state index is 0.188. The second kappa shape index (κ2) is 5.29. The first-order valence-electron chi connectivity index (χ1n) is 5.50. The number of rotatable bonds is 4. The topological polar surface area (TPSA) is 64.9 Å². The Balaban J connectivity index is 2.20. The molecule has 5 heteroatoms. The first kappa shape index (κ1) is 12.1. The van der Waals surface area contributed by atoms with Crippen molar-refractivity contribution in [3.8, 4) is 11.4 Å². The zero-order valence-corrected chi connectivity index (χ0v) is 10.3. The third kappa shape index (κ3) is 2.84. The molecule has 0 radical (unpaired) electrons. The van der Waals surface area contributed by atoms with Gasteiger partial charge in [-0.1, -0.05) is 23.7 Å². The highest BCUT2D eigenvalue weighted by Gasteiger charge is 2.14. The quantitative estimate of drug-likeness (QED) is 0.908. The van der Waals surface area contributed by atoms with Crippen LogP contribution in [0, 0.1) is 0 Å². The molecule has 4 nitrogen and oxygen atoms in total. The molecule has 0 aliphatic heterocycles. The lowest BCUT2D eigenvalue weighted by Crippen LogP contribution is -2.04. The van der Waals surface area contributed by atoms with Gasteiger partial charge in [0.2, 0.25) is 11.7 Å². The van der Waals surface area contributed by atoms with Crippen molar-refractivity contribution in [3.05, 3.63) is 35.2 Å². The average Bonchev–Trinajstić information content (AvgIpc) is 2.80. The van der Waals surface area contributed by atoms with Gasteiger partial charge in [0.25, 0.3) is 0 Å². The summed E-state index contributed by atoms with van der Waals surface area (Å²) in [5.41, 5.74) is 6.39. The molecule has 2 aromatic rings. The molecule has 0 aliphatic rings. The first-order valence-corrected chi connectivity index (χ1v) is 5.88. The summed E-state index contributed by atoms with van der Waals surface area (Å²) in [6.07, 6.45) is 0.836.